The lowest BCUT2D eigenvalue weighted by molar-refractivity contribution is 0.102. The van der Waals surface area contributed by atoms with Gasteiger partial charge in [0.15, 0.2) is 0 Å². The maximum Gasteiger partial charge on any atom is 0.259 e. The lowest BCUT2D eigenvalue weighted by Crippen LogP contribution is -2.14. The molecule has 5 heteroatoms. The van der Waals surface area contributed by atoms with Crippen molar-refractivity contribution < 1.29 is 4.79 Å². The summed E-state index contributed by atoms with van der Waals surface area (Å²) in [5.74, 6) is -0.130. The molecular weight excluding hydrogens is 252 g/mol. The number of hydrogen-bond acceptors (Lipinski definition) is 3. The molecule has 2 N–H and O–H groups in total. The SMILES string of the molecule is Cc1n[nH]c(C)c1C(=O)Nc1ccc(CN(C)C)cc1. The summed E-state index contributed by atoms with van der Waals surface area (Å²) in [6.07, 6.45) is 0. The molecule has 1 aromatic heterocycles. The van der Waals surface area contributed by atoms with E-state index in [4.69, 9.17) is 0 Å². The van der Waals surface area contributed by atoms with Gasteiger partial charge in [0, 0.05) is 17.9 Å². The van der Waals surface area contributed by atoms with Gasteiger partial charge in [0.25, 0.3) is 5.91 Å². The second-order valence-corrected chi connectivity index (χ2v) is 5.20. The van der Waals surface area contributed by atoms with Crippen LogP contribution in [0.1, 0.15) is 27.3 Å². The van der Waals surface area contributed by atoms with E-state index in [2.05, 4.69) is 20.4 Å². The summed E-state index contributed by atoms with van der Waals surface area (Å²) < 4.78 is 0. The quantitative estimate of drug-likeness (QED) is 0.898. The number of carbonyl (C=O) groups is 1. The van der Waals surface area contributed by atoms with Gasteiger partial charge in [-0.25, -0.2) is 0 Å². The maximum absolute atomic E-state index is 12.2. The molecule has 2 aromatic rings. The molecule has 106 valence electrons. The number of rotatable bonds is 4. The number of nitrogens with zero attached hydrogens (tertiary/aromatic N) is 2. The highest BCUT2D eigenvalue weighted by atomic mass is 16.1. The van der Waals surface area contributed by atoms with Crippen LogP contribution >= 0.6 is 0 Å². The molecule has 0 unspecified atom stereocenters. The van der Waals surface area contributed by atoms with Crippen molar-refractivity contribution in [1.29, 1.82) is 0 Å². The fourth-order valence-electron chi connectivity index (χ4n) is 2.14. The zero-order valence-electron chi connectivity index (χ0n) is 12.3. The van der Waals surface area contributed by atoms with E-state index in [1.807, 2.05) is 52.2 Å². The number of H-pyrrole nitrogens is 1. The second-order valence-electron chi connectivity index (χ2n) is 5.20. The van der Waals surface area contributed by atoms with Crippen molar-refractivity contribution in [2.45, 2.75) is 20.4 Å². The minimum absolute atomic E-state index is 0.130. The van der Waals surface area contributed by atoms with Gasteiger partial charge in [-0.2, -0.15) is 5.10 Å². The molecule has 0 spiro atoms. The molecule has 0 aliphatic carbocycles. The fraction of sp³-hybridized carbons (Fsp3) is 0.333. The van der Waals surface area contributed by atoms with E-state index < -0.39 is 0 Å². The van der Waals surface area contributed by atoms with E-state index in [-0.39, 0.29) is 5.91 Å². The summed E-state index contributed by atoms with van der Waals surface area (Å²) >= 11 is 0. The molecule has 0 saturated carbocycles. The van der Waals surface area contributed by atoms with Crippen LogP contribution in [0.25, 0.3) is 0 Å². The van der Waals surface area contributed by atoms with E-state index in [1.54, 1.807) is 0 Å². The van der Waals surface area contributed by atoms with Crippen LogP contribution in [0, 0.1) is 13.8 Å². The summed E-state index contributed by atoms with van der Waals surface area (Å²) in [6, 6.07) is 7.87. The highest BCUT2D eigenvalue weighted by Gasteiger charge is 2.15. The third kappa shape index (κ3) is 3.24. The number of carbonyl (C=O) groups excluding carboxylic acids is 1. The first kappa shape index (κ1) is 14.3. The lowest BCUT2D eigenvalue weighted by Gasteiger charge is -2.10. The molecule has 0 radical (unpaired) electrons. The molecular formula is C15H20N4O. The molecule has 20 heavy (non-hydrogen) atoms. The normalized spacial score (nSPS) is 10.8. The van der Waals surface area contributed by atoms with Crippen LogP contribution in [0.15, 0.2) is 24.3 Å². The number of aromatic nitrogens is 2. The van der Waals surface area contributed by atoms with E-state index in [0.29, 0.717) is 11.3 Å². The number of aromatic amines is 1. The Bertz CT molecular complexity index is 579. The van der Waals surface area contributed by atoms with E-state index in [0.717, 1.165) is 17.9 Å². The van der Waals surface area contributed by atoms with Crippen molar-refractivity contribution >= 4 is 11.6 Å². The zero-order valence-corrected chi connectivity index (χ0v) is 12.3. The van der Waals surface area contributed by atoms with Gasteiger partial charge in [-0.3, -0.25) is 9.89 Å². The Morgan fingerprint density at radius 3 is 2.40 bits per heavy atom. The Hall–Kier alpha value is -2.14. The molecule has 1 heterocycles. The fourth-order valence-corrected chi connectivity index (χ4v) is 2.14. The predicted octanol–water partition coefficient (Wildman–Crippen LogP) is 2.34. The Morgan fingerprint density at radius 2 is 1.90 bits per heavy atom. The zero-order chi connectivity index (χ0) is 14.7. The summed E-state index contributed by atoms with van der Waals surface area (Å²) in [6.45, 7) is 4.54. The molecule has 5 nitrogen and oxygen atoms in total. The van der Waals surface area contributed by atoms with Crippen molar-refractivity contribution in [2.24, 2.45) is 0 Å². The van der Waals surface area contributed by atoms with Crippen LogP contribution in [-0.4, -0.2) is 35.1 Å². The molecule has 0 saturated heterocycles. The van der Waals surface area contributed by atoms with Crippen LogP contribution in [0.5, 0.6) is 0 Å². The Labute approximate surface area is 119 Å². The maximum atomic E-state index is 12.2. The third-order valence-corrected chi connectivity index (χ3v) is 3.07. The number of amides is 1. The second kappa shape index (κ2) is 5.88. The van der Waals surface area contributed by atoms with Gasteiger partial charge in [-0.15, -0.1) is 0 Å². The van der Waals surface area contributed by atoms with Crippen molar-refractivity contribution in [3.63, 3.8) is 0 Å². The number of nitrogens with one attached hydrogen (secondary N) is 2. The monoisotopic (exact) mass is 272 g/mol. The number of benzene rings is 1. The van der Waals surface area contributed by atoms with Crippen molar-refractivity contribution in [3.8, 4) is 0 Å². The van der Waals surface area contributed by atoms with Gasteiger partial charge in [0.1, 0.15) is 0 Å². The van der Waals surface area contributed by atoms with E-state index in [1.165, 1.54) is 5.56 Å². The summed E-state index contributed by atoms with van der Waals surface area (Å²) in [4.78, 5) is 14.3. The van der Waals surface area contributed by atoms with Gasteiger partial charge in [0.2, 0.25) is 0 Å². The first-order chi connectivity index (χ1) is 9.47. The van der Waals surface area contributed by atoms with Gasteiger partial charge >= 0.3 is 0 Å². The molecule has 1 amide bonds. The molecule has 0 bridgehead atoms. The standard InChI is InChI=1S/C15H20N4O/c1-10-14(11(2)18-17-10)15(20)16-13-7-5-12(6-8-13)9-19(3)4/h5-8H,9H2,1-4H3,(H,16,20)(H,17,18). The van der Waals surface area contributed by atoms with Gasteiger partial charge < -0.3 is 10.2 Å². The minimum Gasteiger partial charge on any atom is -0.322 e. The number of anilines is 1. The summed E-state index contributed by atoms with van der Waals surface area (Å²) in [5, 5.41) is 9.75. The predicted molar refractivity (Wildman–Crippen MR) is 79.8 cm³/mol. The smallest absolute Gasteiger partial charge is 0.259 e. The van der Waals surface area contributed by atoms with Crippen LogP contribution in [0.3, 0.4) is 0 Å². The van der Waals surface area contributed by atoms with Crippen LogP contribution in [-0.2, 0) is 6.54 Å². The van der Waals surface area contributed by atoms with Crippen molar-refractivity contribution in [1.82, 2.24) is 15.1 Å². The Morgan fingerprint density at radius 1 is 1.25 bits per heavy atom. The highest BCUT2D eigenvalue weighted by Crippen LogP contribution is 2.15. The average Bonchev–Trinajstić information content (AvgIpc) is 2.71. The molecule has 0 aliphatic heterocycles. The largest absolute Gasteiger partial charge is 0.322 e. The Balaban J connectivity index is 2.09. The summed E-state index contributed by atoms with van der Waals surface area (Å²) in [7, 11) is 4.06. The topological polar surface area (TPSA) is 61.0 Å². The van der Waals surface area contributed by atoms with Gasteiger partial charge in [0.05, 0.1) is 11.3 Å². The van der Waals surface area contributed by atoms with Crippen LogP contribution < -0.4 is 5.32 Å². The van der Waals surface area contributed by atoms with Gasteiger partial charge in [-0.05, 0) is 45.6 Å². The summed E-state index contributed by atoms with van der Waals surface area (Å²) in [5.41, 5.74) is 4.11. The lowest BCUT2D eigenvalue weighted by atomic mass is 10.1. The molecule has 0 atom stereocenters. The van der Waals surface area contributed by atoms with Crippen molar-refractivity contribution in [2.75, 3.05) is 19.4 Å². The molecule has 1 aromatic carbocycles. The molecule has 2 rings (SSSR count). The van der Waals surface area contributed by atoms with E-state index in [9.17, 15) is 4.79 Å². The van der Waals surface area contributed by atoms with E-state index >= 15 is 0 Å². The molecule has 0 fully saturated rings. The average molecular weight is 272 g/mol. The first-order valence-electron chi connectivity index (χ1n) is 6.54. The minimum atomic E-state index is -0.130. The third-order valence-electron chi connectivity index (χ3n) is 3.07. The van der Waals surface area contributed by atoms with Crippen LogP contribution in [0.2, 0.25) is 0 Å². The molecule has 0 aliphatic rings. The number of hydrogen-bond donors (Lipinski definition) is 2. The first-order valence-corrected chi connectivity index (χ1v) is 6.54. The van der Waals surface area contributed by atoms with Crippen molar-refractivity contribution in [3.05, 3.63) is 46.8 Å². The highest BCUT2D eigenvalue weighted by molar-refractivity contribution is 6.05. The van der Waals surface area contributed by atoms with Gasteiger partial charge in [-0.1, -0.05) is 12.1 Å². The Kier molecular flexibility index (Phi) is 4.20. The number of aryl methyl sites for hydroxylation is 2. The van der Waals surface area contributed by atoms with Crippen LogP contribution in [0.4, 0.5) is 5.69 Å².